The second-order valence-electron chi connectivity index (χ2n) is 8.26. The lowest BCUT2D eigenvalue weighted by Gasteiger charge is -2.23. The van der Waals surface area contributed by atoms with Crippen LogP contribution in [0.25, 0.3) is 10.9 Å². The summed E-state index contributed by atoms with van der Waals surface area (Å²) in [5.74, 6) is -0.429. The highest BCUT2D eigenvalue weighted by Crippen LogP contribution is 2.22. The number of benzene rings is 2. The molecule has 4 rings (SSSR count). The summed E-state index contributed by atoms with van der Waals surface area (Å²) in [6, 6.07) is 14.2. The van der Waals surface area contributed by atoms with Gasteiger partial charge in [0.15, 0.2) is 0 Å². The Hall–Kier alpha value is -3.41. The van der Waals surface area contributed by atoms with Gasteiger partial charge in [-0.3, -0.25) is 14.4 Å². The first kappa shape index (κ1) is 20.8. The van der Waals surface area contributed by atoms with Crippen molar-refractivity contribution >= 4 is 28.4 Å². The van der Waals surface area contributed by atoms with Crippen molar-refractivity contribution in [2.24, 2.45) is 7.05 Å². The summed E-state index contributed by atoms with van der Waals surface area (Å²) in [7, 11) is 1.69. The van der Waals surface area contributed by atoms with E-state index in [0.29, 0.717) is 27.7 Å². The Bertz CT molecular complexity index is 1210. The summed E-state index contributed by atoms with van der Waals surface area (Å²) >= 11 is 0. The summed E-state index contributed by atoms with van der Waals surface area (Å²) in [6.07, 6.45) is 5.62. The van der Waals surface area contributed by atoms with Crippen LogP contribution in [0.3, 0.4) is 0 Å². The highest BCUT2D eigenvalue weighted by molar-refractivity contribution is 6.12. The molecule has 1 fully saturated rings. The molecule has 1 heterocycles. The number of aromatic nitrogens is 1. The van der Waals surface area contributed by atoms with Gasteiger partial charge in [0.25, 0.3) is 17.4 Å². The molecular weight excluding hydrogens is 390 g/mol. The fourth-order valence-corrected chi connectivity index (χ4v) is 4.25. The average molecular weight is 418 g/mol. The molecule has 160 valence electrons. The van der Waals surface area contributed by atoms with Crippen LogP contribution in [0.4, 0.5) is 5.69 Å². The topological polar surface area (TPSA) is 80.2 Å². The van der Waals surface area contributed by atoms with Crippen molar-refractivity contribution in [3.05, 3.63) is 75.6 Å². The lowest BCUT2D eigenvalue weighted by atomic mass is 9.95. The number of hydrogen-bond donors (Lipinski definition) is 2. The van der Waals surface area contributed by atoms with Gasteiger partial charge in [-0.15, -0.1) is 0 Å². The third kappa shape index (κ3) is 4.38. The molecule has 2 N–H and O–H groups in total. The molecule has 1 saturated carbocycles. The Morgan fingerprint density at radius 1 is 0.968 bits per heavy atom. The Balaban J connectivity index is 1.54. The van der Waals surface area contributed by atoms with Crippen molar-refractivity contribution < 1.29 is 9.59 Å². The van der Waals surface area contributed by atoms with Crippen molar-refractivity contribution in [1.29, 1.82) is 0 Å². The SMILES string of the molecule is Cc1cc(C(=O)NC2CCCCC2)ccc1NC(=O)c1cc(=O)n(C)c2ccccc12. The molecule has 0 unspecified atom stereocenters. The van der Waals surface area contributed by atoms with Gasteiger partial charge in [0.05, 0.1) is 11.1 Å². The zero-order valence-corrected chi connectivity index (χ0v) is 17.9. The van der Waals surface area contributed by atoms with Gasteiger partial charge in [0, 0.05) is 35.8 Å². The molecule has 0 radical (unpaired) electrons. The van der Waals surface area contributed by atoms with E-state index in [4.69, 9.17) is 0 Å². The third-order valence-corrected chi connectivity index (χ3v) is 6.08. The van der Waals surface area contributed by atoms with Crippen LogP contribution in [-0.4, -0.2) is 22.4 Å². The van der Waals surface area contributed by atoms with Crippen molar-refractivity contribution in [2.75, 3.05) is 5.32 Å². The highest BCUT2D eigenvalue weighted by Gasteiger charge is 2.18. The van der Waals surface area contributed by atoms with Crippen molar-refractivity contribution in [3.63, 3.8) is 0 Å². The molecule has 0 aliphatic heterocycles. The molecule has 0 spiro atoms. The van der Waals surface area contributed by atoms with E-state index >= 15 is 0 Å². The minimum atomic E-state index is -0.351. The Morgan fingerprint density at radius 3 is 2.45 bits per heavy atom. The maximum absolute atomic E-state index is 13.0. The normalized spacial score (nSPS) is 14.4. The van der Waals surface area contributed by atoms with Gasteiger partial charge in [-0.05, 0) is 49.6 Å². The summed E-state index contributed by atoms with van der Waals surface area (Å²) in [5.41, 5.74) is 2.78. The maximum Gasteiger partial charge on any atom is 0.256 e. The molecule has 1 aliphatic carbocycles. The van der Waals surface area contributed by atoms with Crippen LogP contribution >= 0.6 is 0 Å². The molecule has 6 heteroatoms. The summed E-state index contributed by atoms with van der Waals surface area (Å²) < 4.78 is 1.52. The first-order valence-electron chi connectivity index (χ1n) is 10.8. The fraction of sp³-hybridized carbons (Fsp3) is 0.320. The van der Waals surface area contributed by atoms with Gasteiger partial charge in [-0.1, -0.05) is 37.5 Å². The van der Waals surface area contributed by atoms with E-state index in [9.17, 15) is 14.4 Å². The minimum Gasteiger partial charge on any atom is -0.349 e. The Kier molecular flexibility index (Phi) is 5.89. The molecule has 0 bridgehead atoms. The smallest absolute Gasteiger partial charge is 0.256 e. The summed E-state index contributed by atoms with van der Waals surface area (Å²) in [5, 5.41) is 6.72. The lowest BCUT2D eigenvalue weighted by Crippen LogP contribution is -2.36. The largest absolute Gasteiger partial charge is 0.349 e. The van der Waals surface area contributed by atoms with Gasteiger partial charge in [-0.2, -0.15) is 0 Å². The molecule has 2 aromatic carbocycles. The van der Waals surface area contributed by atoms with E-state index in [1.54, 1.807) is 25.2 Å². The number of aryl methyl sites for hydroxylation is 2. The predicted octanol–water partition coefficient (Wildman–Crippen LogP) is 4.16. The number of pyridine rings is 1. The van der Waals surface area contributed by atoms with Crippen LogP contribution in [-0.2, 0) is 7.05 Å². The Labute approximate surface area is 181 Å². The van der Waals surface area contributed by atoms with E-state index in [1.165, 1.54) is 17.1 Å². The standard InChI is InChI=1S/C25H27N3O3/c1-16-14-17(24(30)26-18-8-4-3-5-9-18)12-13-21(16)27-25(31)20-15-23(29)28(2)22-11-7-6-10-19(20)22/h6-7,10-15,18H,3-5,8-9H2,1-2H3,(H,26,30)(H,27,31). The van der Waals surface area contributed by atoms with Crippen LogP contribution in [0.15, 0.2) is 53.3 Å². The van der Waals surface area contributed by atoms with Gasteiger partial charge in [-0.25, -0.2) is 0 Å². The monoisotopic (exact) mass is 417 g/mol. The van der Waals surface area contributed by atoms with E-state index in [1.807, 2.05) is 31.2 Å². The first-order chi connectivity index (χ1) is 14.9. The van der Waals surface area contributed by atoms with Gasteiger partial charge >= 0.3 is 0 Å². The zero-order valence-electron chi connectivity index (χ0n) is 17.9. The van der Waals surface area contributed by atoms with Crippen LogP contribution in [0.5, 0.6) is 0 Å². The molecule has 31 heavy (non-hydrogen) atoms. The number of fused-ring (bicyclic) bond motifs is 1. The lowest BCUT2D eigenvalue weighted by molar-refractivity contribution is 0.0927. The molecule has 1 aliphatic rings. The fourth-order valence-electron chi connectivity index (χ4n) is 4.25. The molecule has 2 amide bonds. The van der Waals surface area contributed by atoms with E-state index in [-0.39, 0.29) is 23.4 Å². The highest BCUT2D eigenvalue weighted by atomic mass is 16.2. The number of carbonyl (C=O) groups excluding carboxylic acids is 2. The van der Waals surface area contributed by atoms with Crippen molar-refractivity contribution in [3.8, 4) is 0 Å². The quantitative estimate of drug-likeness (QED) is 0.669. The first-order valence-corrected chi connectivity index (χ1v) is 10.8. The third-order valence-electron chi connectivity index (χ3n) is 6.08. The minimum absolute atomic E-state index is 0.0783. The molecule has 0 saturated heterocycles. The van der Waals surface area contributed by atoms with E-state index < -0.39 is 0 Å². The number of nitrogens with zero attached hydrogens (tertiary/aromatic N) is 1. The van der Waals surface area contributed by atoms with Crippen molar-refractivity contribution in [1.82, 2.24) is 9.88 Å². The van der Waals surface area contributed by atoms with Crippen LogP contribution < -0.4 is 16.2 Å². The molecular formula is C25H27N3O3. The number of amides is 2. The number of rotatable bonds is 4. The average Bonchev–Trinajstić information content (AvgIpc) is 2.78. The number of carbonyl (C=O) groups is 2. The van der Waals surface area contributed by atoms with Crippen LogP contribution in [0.2, 0.25) is 0 Å². The maximum atomic E-state index is 13.0. The van der Waals surface area contributed by atoms with Crippen molar-refractivity contribution in [2.45, 2.75) is 45.1 Å². The van der Waals surface area contributed by atoms with Gasteiger partial charge in [0.2, 0.25) is 0 Å². The Morgan fingerprint density at radius 2 is 1.71 bits per heavy atom. The number of nitrogens with one attached hydrogen (secondary N) is 2. The van der Waals surface area contributed by atoms with Gasteiger partial charge in [0.1, 0.15) is 0 Å². The number of anilines is 1. The summed E-state index contributed by atoms with van der Waals surface area (Å²) in [6.45, 7) is 1.86. The number of hydrogen-bond acceptors (Lipinski definition) is 3. The molecule has 3 aromatic rings. The molecule has 0 atom stereocenters. The molecule has 6 nitrogen and oxygen atoms in total. The number of para-hydroxylation sites is 1. The van der Waals surface area contributed by atoms with E-state index in [2.05, 4.69) is 10.6 Å². The molecule has 1 aromatic heterocycles. The van der Waals surface area contributed by atoms with Crippen LogP contribution in [0.1, 0.15) is 58.4 Å². The van der Waals surface area contributed by atoms with Crippen LogP contribution in [0, 0.1) is 6.92 Å². The van der Waals surface area contributed by atoms with E-state index in [0.717, 1.165) is 31.2 Å². The summed E-state index contributed by atoms with van der Waals surface area (Å²) in [4.78, 5) is 37.9. The predicted molar refractivity (Wildman–Crippen MR) is 123 cm³/mol. The van der Waals surface area contributed by atoms with Gasteiger partial charge < -0.3 is 15.2 Å². The zero-order chi connectivity index (χ0) is 22.0. The second kappa shape index (κ2) is 8.76. The second-order valence-corrected chi connectivity index (χ2v) is 8.26.